The third kappa shape index (κ3) is 4.52. The molecule has 0 fully saturated rings. The predicted octanol–water partition coefficient (Wildman–Crippen LogP) is 4.35. The molecule has 0 saturated heterocycles. The molecule has 10 heteroatoms. The summed E-state index contributed by atoms with van der Waals surface area (Å²) in [5.41, 5.74) is -1.04. The average Bonchev–Trinajstić information content (AvgIpc) is 3.16. The molecule has 0 saturated carbocycles. The zero-order valence-corrected chi connectivity index (χ0v) is 14.8. The van der Waals surface area contributed by atoms with Crippen molar-refractivity contribution in [2.75, 3.05) is 10.0 Å². The summed E-state index contributed by atoms with van der Waals surface area (Å²) in [6.07, 6.45) is -3.29. The van der Waals surface area contributed by atoms with E-state index in [0.717, 1.165) is 12.1 Å². The standard InChI is InChI=1S/C18H13F3N2O4S/c19-18(20,21)12-4-1-6-14(10-12)23-28(25,26)15-7-2-5-13(11-15)22-17(24)16-8-3-9-27-16/h1-11,23H,(H,22,24). The second-order valence-electron chi connectivity index (χ2n) is 5.64. The molecular weight excluding hydrogens is 397 g/mol. The quantitative estimate of drug-likeness (QED) is 0.655. The van der Waals surface area contributed by atoms with Crippen LogP contribution in [0, 0.1) is 0 Å². The van der Waals surface area contributed by atoms with Gasteiger partial charge in [-0.05, 0) is 48.5 Å². The van der Waals surface area contributed by atoms with Gasteiger partial charge in [0.1, 0.15) is 0 Å². The molecule has 2 aromatic carbocycles. The zero-order valence-electron chi connectivity index (χ0n) is 14.0. The molecule has 0 bridgehead atoms. The van der Waals surface area contributed by atoms with Crippen LogP contribution >= 0.6 is 0 Å². The number of alkyl halides is 3. The van der Waals surface area contributed by atoms with Gasteiger partial charge in [0, 0.05) is 11.4 Å². The van der Waals surface area contributed by atoms with E-state index in [4.69, 9.17) is 4.42 Å². The highest BCUT2D eigenvalue weighted by Crippen LogP contribution is 2.31. The molecule has 3 rings (SSSR count). The van der Waals surface area contributed by atoms with Gasteiger partial charge in [-0.3, -0.25) is 9.52 Å². The Morgan fingerprint density at radius 1 is 0.929 bits per heavy atom. The van der Waals surface area contributed by atoms with E-state index in [1.807, 2.05) is 0 Å². The number of halogens is 3. The van der Waals surface area contributed by atoms with Crippen molar-refractivity contribution in [2.24, 2.45) is 0 Å². The van der Waals surface area contributed by atoms with E-state index in [1.54, 1.807) is 0 Å². The molecule has 1 amide bonds. The highest BCUT2D eigenvalue weighted by molar-refractivity contribution is 7.92. The van der Waals surface area contributed by atoms with Crippen LogP contribution in [0.15, 0.2) is 76.2 Å². The van der Waals surface area contributed by atoms with E-state index < -0.39 is 27.7 Å². The van der Waals surface area contributed by atoms with E-state index >= 15 is 0 Å². The number of hydrogen-bond donors (Lipinski definition) is 2. The number of amides is 1. The third-order valence-corrected chi connectivity index (χ3v) is 4.97. The lowest BCUT2D eigenvalue weighted by Gasteiger charge is -2.12. The van der Waals surface area contributed by atoms with Crippen LogP contribution in [0.1, 0.15) is 16.1 Å². The first-order valence-electron chi connectivity index (χ1n) is 7.80. The van der Waals surface area contributed by atoms with Crippen LogP contribution in [0.25, 0.3) is 0 Å². The molecule has 28 heavy (non-hydrogen) atoms. The summed E-state index contributed by atoms with van der Waals surface area (Å²) in [5, 5.41) is 2.48. The summed E-state index contributed by atoms with van der Waals surface area (Å²) >= 11 is 0. The minimum Gasteiger partial charge on any atom is -0.459 e. The molecule has 0 aliphatic rings. The Hall–Kier alpha value is -3.27. The average molecular weight is 410 g/mol. The molecule has 0 atom stereocenters. The summed E-state index contributed by atoms with van der Waals surface area (Å²) in [6.45, 7) is 0. The van der Waals surface area contributed by atoms with Crippen molar-refractivity contribution in [1.29, 1.82) is 0 Å². The topological polar surface area (TPSA) is 88.4 Å². The molecule has 0 aliphatic carbocycles. The van der Waals surface area contributed by atoms with Crippen molar-refractivity contribution in [1.82, 2.24) is 0 Å². The molecule has 1 heterocycles. The van der Waals surface area contributed by atoms with Crippen LogP contribution in [-0.2, 0) is 16.2 Å². The molecule has 0 unspecified atom stereocenters. The van der Waals surface area contributed by atoms with E-state index in [1.165, 1.54) is 48.7 Å². The molecule has 6 nitrogen and oxygen atoms in total. The number of sulfonamides is 1. The Bertz CT molecular complexity index is 1090. The summed E-state index contributed by atoms with van der Waals surface area (Å²) in [6, 6.07) is 12.1. The Kier molecular flexibility index (Phi) is 5.14. The van der Waals surface area contributed by atoms with Gasteiger partial charge in [0.15, 0.2) is 5.76 Å². The Morgan fingerprint density at radius 2 is 1.64 bits per heavy atom. The largest absolute Gasteiger partial charge is 0.459 e. The first-order chi connectivity index (χ1) is 13.1. The second-order valence-corrected chi connectivity index (χ2v) is 7.33. The van der Waals surface area contributed by atoms with Gasteiger partial charge in [0.25, 0.3) is 15.9 Å². The van der Waals surface area contributed by atoms with Gasteiger partial charge in [-0.15, -0.1) is 0 Å². The minimum atomic E-state index is -4.60. The van der Waals surface area contributed by atoms with Crippen LogP contribution in [0.3, 0.4) is 0 Å². The predicted molar refractivity (Wildman–Crippen MR) is 95.4 cm³/mol. The fourth-order valence-corrected chi connectivity index (χ4v) is 3.41. The number of carbonyl (C=O) groups is 1. The van der Waals surface area contributed by atoms with Crippen LogP contribution in [0.5, 0.6) is 0 Å². The number of carbonyl (C=O) groups excluding carboxylic acids is 1. The van der Waals surface area contributed by atoms with Gasteiger partial charge in [-0.1, -0.05) is 12.1 Å². The van der Waals surface area contributed by atoms with Crippen LogP contribution in [0.2, 0.25) is 0 Å². The SMILES string of the molecule is O=C(Nc1cccc(S(=O)(=O)Nc2cccc(C(F)(F)F)c2)c1)c1ccco1. The molecule has 146 valence electrons. The minimum absolute atomic E-state index is 0.0374. The van der Waals surface area contributed by atoms with Crippen molar-refractivity contribution in [2.45, 2.75) is 11.1 Å². The Labute approximate surface area is 158 Å². The number of benzene rings is 2. The van der Waals surface area contributed by atoms with Crippen molar-refractivity contribution in [3.05, 3.63) is 78.3 Å². The van der Waals surface area contributed by atoms with E-state index in [9.17, 15) is 26.4 Å². The number of nitrogens with one attached hydrogen (secondary N) is 2. The molecule has 0 spiro atoms. The van der Waals surface area contributed by atoms with Crippen LogP contribution in [0.4, 0.5) is 24.5 Å². The number of furan rings is 1. The van der Waals surface area contributed by atoms with Crippen molar-refractivity contribution < 1.29 is 30.8 Å². The number of rotatable bonds is 5. The fraction of sp³-hybridized carbons (Fsp3) is 0.0556. The molecule has 3 aromatic rings. The highest BCUT2D eigenvalue weighted by Gasteiger charge is 2.30. The highest BCUT2D eigenvalue weighted by atomic mass is 32.2. The van der Waals surface area contributed by atoms with Gasteiger partial charge in [-0.2, -0.15) is 13.2 Å². The summed E-state index contributed by atoms with van der Waals surface area (Å²) in [4.78, 5) is 11.7. The van der Waals surface area contributed by atoms with E-state index in [2.05, 4.69) is 10.0 Å². The zero-order chi connectivity index (χ0) is 20.4. The maximum atomic E-state index is 12.8. The molecule has 0 aliphatic heterocycles. The third-order valence-electron chi connectivity index (χ3n) is 3.59. The van der Waals surface area contributed by atoms with Crippen molar-refractivity contribution in [3.8, 4) is 0 Å². The molecule has 1 aromatic heterocycles. The van der Waals surface area contributed by atoms with Crippen LogP contribution in [-0.4, -0.2) is 14.3 Å². The van der Waals surface area contributed by atoms with Crippen molar-refractivity contribution in [3.63, 3.8) is 0 Å². The first-order valence-corrected chi connectivity index (χ1v) is 9.28. The summed E-state index contributed by atoms with van der Waals surface area (Å²) < 4.78 is 70.4. The van der Waals surface area contributed by atoms with Gasteiger partial charge in [-0.25, -0.2) is 8.42 Å². The smallest absolute Gasteiger partial charge is 0.416 e. The van der Waals surface area contributed by atoms with Gasteiger partial charge in [0.2, 0.25) is 0 Å². The monoisotopic (exact) mass is 410 g/mol. The molecule has 0 radical (unpaired) electrons. The Morgan fingerprint density at radius 3 is 2.32 bits per heavy atom. The lowest BCUT2D eigenvalue weighted by molar-refractivity contribution is -0.137. The number of hydrogen-bond acceptors (Lipinski definition) is 4. The van der Waals surface area contributed by atoms with Gasteiger partial charge < -0.3 is 9.73 Å². The van der Waals surface area contributed by atoms with Crippen LogP contribution < -0.4 is 10.0 Å². The maximum Gasteiger partial charge on any atom is 0.416 e. The lowest BCUT2D eigenvalue weighted by atomic mass is 10.2. The summed E-state index contributed by atoms with van der Waals surface area (Å²) in [7, 11) is -4.18. The lowest BCUT2D eigenvalue weighted by Crippen LogP contribution is -2.15. The Balaban J connectivity index is 1.82. The fourth-order valence-electron chi connectivity index (χ4n) is 2.31. The second kappa shape index (κ2) is 7.39. The first kappa shape index (κ1) is 19.5. The number of anilines is 2. The van der Waals surface area contributed by atoms with Crippen molar-refractivity contribution >= 4 is 27.3 Å². The van der Waals surface area contributed by atoms with Gasteiger partial charge >= 0.3 is 6.18 Å². The molecule has 2 N–H and O–H groups in total. The molecular formula is C18H13F3N2O4S. The maximum absolute atomic E-state index is 12.8. The van der Waals surface area contributed by atoms with Gasteiger partial charge in [0.05, 0.1) is 16.7 Å². The summed E-state index contributed by atoms with van der Waals surface area (Å²) in [5.74, 6) is -0.541. The van der Waals surface area contributed by atoms with E-state index in [-0.39, 0.29) is 22.0 Å². The normalized spacial score (nSPS) is 11.8. The van der Waals surface area contributed by atoms with E-state index in [0.29, 0.717) is 6.07 Å².